The van der Waals surface area contributed by atoms with Gasteiger partial charge < -0.3 is 10.2 Å². The maximum Gasteiger partial charge on any atom is 0.306 e. The van der Waals surface area contributed by atoms with Crippen molar-refractivity contribution in [2.24, 2.45) is 29.6 Å². The average molecular weight is 252 g/mol. The molecule has 0 aromatic rings. The Morgan fingerprint density at radius 3 is 2.78 bits per heavy atom. The summed E-state index contributed by atoms with van der Waals surface area (Å²) in [7, 11) is 0. The molecule has 18 heavy (non-hydrogen) atoms. The van der Waals surface area contributed by atoms with Gasteiger partial charge >= 0.3 is 5.97 Å². The van der Waals surface area contributed by atoms with E-state index < -0.39 is 5.97 Å². The lowest BCUT2D eigenvalue weighted by Gasteiger charge is -2.45. The van der Waals surface area contributed by atoms with Gasteiger partial charge in [-0.25, -0.2) is 0 Å². The molecule has 102 valence electrons. The van der Waals surface area contributed by atoms with E-state index in [9.17, 15) is 15.0 Å². The maximum atomic E-state index is 11.4. The fourth-order valence-electron chi connectivity index (χ4n) is 3.92. The van der Waals surface area contributed by atoms with Gasteiger partial charge in [0, 0.05) is 6.61 Å². The summed E-state index contributed by atoms with van der Waals surface area (Å²) in [5.41, 5.74) is 1.39. The van der Waals surface area contributed by atoms with Crippen LogP contribution in [-0.4, -0.2) is 22.8 Å². The first-order valence-corrected chi connectivity index (χ1v) is 7.05. The van der Waals surface area contributed by atoms with E-state index in [0.717, 1.165) is 25.7 Å². The van der Waals surface area contributed by atoms with Gasteiger partial charge in [0.25, 0.3) is 0 Å². The number of rotatable bonds is 3. The minimum Gasteiger partial charge on any atom is -0.481 e. The zero-order chi connectivity index (χ0) is 13.3. The Morgan fingerprint density at radius 2 is 2.17 bits per heavy atom. The Kier molecular flexibility index (Phi) is 4.10. The predicted molar refractivity (Wildman–Crippen MR) is 70.1 cm³/mol. The van der Waals surface area contributed by atoms with Crippen LogP contribution in [0.5, 0.6) is 0 Å². The molecule has 5 atom stereocenters. The van der Waals surface area contributed by atoms with Gasteiger partial charge in [-0.3, -0.25) is 4.79 Å². The molecule has 2 aliphatic rings. The molecule has 1 fully saturated rings. The molecule has 0 aromatic carbocycles. The van der Waals surface area contributed by atoms with Crippen molar-refractivity contribution in [3.63, 3.8) is 0 Å². The van der Waals surface area contributed by atoms with E-state index >= 15 is 0 Å². The second-order valence-electron chi connectivity index (χ2n) is 6.14. The van der Waals surface area contributed by atoms with Crippen LogP contribution in [0.25, 0.3) is 0 Å². The second kappa shape index (κ2) is 5.43. The lowest BCUT2D eigenvalue weighted by molar-refractivity contribution is -0.147. The van der Waals surface area contributed by atoms with Crippen LogP contribution in [0.3, 0.4) is 0 Å². The smallest absolute Gasteiger partial charge is 0.306 e. The van der Waals surface area contributed by atoms with E-state index in [2.05, 4.69) is 19.9 Å². The normalized spacial score (nSPS) is 37.6. The SMILES string of the molecule is CC1=C[C@H]2[C@@H](CC1)[C@H](C(=O)O)CC[C@@H]2[C@H](C)CO. The fourth-order valence-corrected chi connectivity index (χ4v) is 3.92. The Labute approximate surface area is 109 Å². The van der Waals surface area contributed by atoms with Crippen molar-refractivity contribution < 1.29 is 15.0 Å². The maximum absolute atomic E-state index is 11.4. The van der Waals surface area contributed by atoms with Crippen LogP contribution in [0.2, 0.25) is 0 Å². The summed E-state index contributed by atoms with van der Waals surface area (Å²) >= 11 is 0. The molecule has 1 saturated carbocycles. The predicted octanol–water partition coefficient (Wildman–Crippen LogP) is 2.70. The molecule has 2 aliphatic carbocycles. The van der Waals surface area contributed by atoms with Crippen molar-refractivity contribution in [2.75, 3.05) is 6.61 Å². The molecule has 0 amide bonds. The number of allylic oxidation sites excluding steroid dienone is 2. The van der Waals surface area contributed by atoms with E-state index in [-0.39, 0.29) is 24.4 Å². The molecule has 0 bridgehead atoms. The van der Waals surface area contributed by atoms with Crippen LogP contribution in [0, 0.1) is 29.6 Å². The first kappa shape index (κ1) is 13.6. The summed E-state index contributed by atoms with van der Waals surface area (Å²) in [5.74, 6) is 0.546. The minimum atomic E-state index is -0.631. The van der Waals surface area contributed by atoms with E-state index in [1.165, 1.54) is 5.57 Å². The number of hydrogen-bond donors (Lipinski definition) is 2. The van der Waals surface area contributed by atoms with E-state index in [1.54, 1.807) is 0 Å². The van der Waals surface area contributed by atoms with Gasteiger partial charge in [-0.15, -0.1) is 0 Å². The number of hydrogen-bond acceptors (Lipinski definition) is 2. The van der Waals surface area contributed by atoms with Gasteiger partial charge in [-0.1, -0.05) is 18.6 Å². The average Bonchev–Trinajstić information content (AvgIpc) is 2.36. The van der Waals surface area contributed by atoms with Gasteiger partial charge in [0.2, 0.25) is 0 Å². The first-order valence-electron chi connectivity index (χ1n) is 7.05. The van der Waals surface area contributed by atoms with Gasteiger partial charge in [-0.05, 0) is 56.3 Å². The Bertz CT molecular complexity index is 348. The highest BCUT2D eigenvalue weighted by atomic mass is 16.4. The molecule has 0 spiro atoms. The first-order chi connectivity index (χ1) is 8.54. The van der Waals surface area contributed by atoms with Crippen molar-refractivity contribution in [1.82, 2.24) is 0 Å². The summed E-state index contributed by atoms with van der Waals surface area (Å²) in [6.45, 7) is 4.43. The van der Waals surface area contributed by atoms with Gasteiger partial charge in [-0.2, -0.15) is 0 Å². The van der Waals surface area contributed by atoms with Crippen LogP contribution in [-0.2, 0) is 4.79 Å². The van der Waals surface area contributed by atoms with Crippen molar-refractivity contribution in [1.29, 1.82) is 0 Å². The number of carbonyl (C=O) groups is 1. The molecule has 2 N–H and O–H groups in total. The van der Waals surface area contributed by atoms with Crippen LogP contribution in [0.1, 0.15) is 39.5 Å². The summed E-state index contributed by atoms with van der Waals surface area (Å²) in [4.78, 5) is 11.4. The van der Waals surface area contributed by atoms with E-state index in [1.807, 2.05) is 0 Å². The van der Waals surface area contributed by atoms with Gasteiger partial charge in [0.1, 0.15) is 0 Å². The third kappa shape index (κ3) is 2.46. The standard InChI is InChI=1S/C15H24O3/c1-9-3-4-12-13(15(17)18)6-5-11(10(2)8-16)14(12)7-9/h7,10-14,16H,3-6,8H2,1-2H3,(H,17,18)/t10-,11-,12+,13-,14-/m1/s1. The third-order valence-electron chi connectivity index (χ3n) is 5.00. The lowest BCUT2D eigenvalue weighted by atomic mass is 9.60. The molecule has 0 aliphatic heterocycles. The highest BCUT2D eigenvalue weighted by Crippen LogP contribution is 2.48. The molecule has 0 unspecified atom stereocenters. The number of aliphatic hydroxyl groups is 1. The summed E-state index contributed by atoms with van der Waals surface area (Å²) in [5, 5.41) is 18.7. The molecular formula is C15H24O3. The number of carboxylic acid groups (broad SMARTS) is 1. The van der Waals surface area contributed by atoms with Gasteiger partial charge in [0.15, 0.2) is 0 Å². The number of carboxylic acids is 1. The highest BCUT2D eigenvalue weighted by Gasteiger charge is 2.43. The largest absolute Gasteiger partial charge is 0.481 e. The zero-order valence-corrected chi connectivity index (χ0v) is 11.3. The quantitative estimate of drug-likeness (QED) is 0.759. The topological polar surface area (TPSA) is 57.5 Å². The van der Waals surface area contributed by atoms with Crippen LogP contribution in [0.15, 0.2) is 11.6 Å². The van der Waals surface area contributed by atoms with Crippen LogP contribution >= 0.6 is 0 Å². The highest BCUT2D eigenvalue weighted by molar-refractivity contribution is 5.70. The molecule has 0 aromatic heterocycles. The number of fused-ring (bicyclic) bond motifs is 1. The Hall–Kier alpha value is -0.830. The lowest BCUT2D eigenvalue weighted by Crippen LogP contribution is -2.41. The van der Waals surface area contributed by atoms with Crippen LogP contribution < -0.4 is 0 Å². The number of aliphatic carboxylic acids is 1. The van der Waals surface area contributed by atoms with E-state index in [0.29, 0.717) is 11.8 Å². The molecular weight excluding hydrogens is 228 g/mol. The zero-order valence-electron chi connectivity index (χ0n) is 11.3. The summed E-state index contributed by atoms with van der Waals surface area (Å²) in [6, 6.07) is 0. The monoisotopic (exact) mass is 252 g/mol. The fraction of sp³-hybridized carbons (Fsp3) is 0.800. The van der Waals surface area contributed by atoms with Crippen LogP contribution in [0.4, 0.5) is 0 Å². The molecule has 0 saturated heterocycles. The summed E-state index contributed by atoms with van der Waals surface area (Å²) < 4.78 is 0. The van der Waals surface area contributed by atoms with Crippen molar-refractivity contribution in [3.05, 3.63) is 11.6 Å². The van der Waals surface area contributed by atoms with Crippen molar-refractivity contribution >= 4 is 5.97 Å². The van der Waals surface area contributed by atoms with Crippen molar-refractivity contribution in [3.8, 4) is 0 Å². The number of aliphatic hydroxyl groups excluding tert-OH is 1. The molecule has 0 heterocycles. The third-order valence-corrected chi connectivity index (χ3v) is 5.00. The second-order valence-corrected chi connectivity index (χ2v) is 6.14. The Morgan fingerprint density at radius 1 is 1.44 bits per heavy atom. The molecule has 0 radical (unpaired) electrons. The summed E-state index contributed by atoms with van der Waals surface area (Å²) in [6.07, 6.45) is 6.03. The van der Waals surface area contributed by atoms with Crippen molar-refractivity contribution in [2.45, 2.75) is 39.5 Å². The molecule has 3 nitrogen and oxygen atoms in total. The minimum absolute atomic E-state index is 0.179. The molecule has 3 heteroatoms. The molecule has 2 rings (SSSR count). The van der Waals surface area contributed by atoms with Gasteiger partial charge in [0.05, 0.1) is 5.92 Å². The van der Waals surface area contributed by atoms with E-state index in [4.69, 9.17) is 0 Å². The Balaban J connectivity index is 2.24.